The van der Waals surface area contributed by atoms with E-state index < -0.39 is 47.4 Å². The molecule has 0 aliphatic carbocycles. The highest BCUT2D eigenvalue weighted by Gasteiger charge is 2.33. The van der Waals surface area contributed by atoms with Gasteiger partial charge in [0.25, 0.3) is 11.8 Å². The molecule has 0 spiro atoms. The van der Waals surface area contributed by atoms with Gasteiger partial charge in [-0.25, -0.2) is 18.5 Å². The van der Waals surface area contributed by atoms with Gasteiger partial charge in [0.15, 0.2) is 6.61 Å². The Hall–Kier alpha value is -4.72. The molecule has 0 saturated carbocycles. The molecule has 5 rings (SSSR count). The smallest absolute Gasteiger partial charge is 0.338 e. The Labute approximate surface area is 197 Å². The highest BCUT2D eigenvalue weighted by molar-refractivity contribution is 6.35. The number of carbonyl (C=O) groups is 4. The van der Waals surface area contributed by atoms with Gasteiger partial charge >= 0.3 is 5.97 Å². The number of rotatable bonds is 5. The molecular weight excluding hydrogens is 456 g/mol. The fourth-order valence-electron chi connectivity index (χ4n) is 4.02. The molecule has 0 N–H and O–H groups in total. The van der Waals surface area contributed by atoms with E-state index in [2.05, 4.69) is 0 Å². The summed E-state index contributed by atoms with van der Waals surface area (Å²) in [4.78, 5) is 51.7. The van der Waals surface area contributed by atoms with Crippen LogP contribution in [0.25, 0.3) is 10.8 Å². The van der Waals surface area contributed by atoms with Gasteiger partial charge in [-0.2, -0.15) is 0 Å². The van der Waals surface area contributed by atoms with Crippen molar-refractivity contribution in [1.29, 1.82) is 0 Å². The zero-order valence-corrected chi connectivity index (χ0v) is 18.0. The topological polar surface area (TPSA) is 80.8 Å². The van der Waals surface area contributed by atoms with Crippen LogP contribution in [-0.4, -0.2) is 30.2 Å². The Morgan fingerprint density at radius 1 is 0.800 bits per heavy atom. The van der Waals surface area contributed by atoms with Crippen molar-refractivity contribution in [1.82, 2.24) is 0 Å². The van der Waals surface area contributed by atoms with E-state index in [-0.39, 0.29) is 11.3 Å². The molecular formula is C27H15F2NO5. The number of hydrogen-bond donors (Lipinski definition) is 0. The molecule has 6 nitrogen and oxygen atoms in total. The van der Waals surface area contributed by atoms with Crippen LogP contribution in [0.1, 0.15) is 41.4 Å². The van der Waals surface area contributed by atoms with E-state index >= 15 is 0 Å². The third-order valence-electron chi connectivity index (χ3n) is 5.70. The maximum atomic E-state index is 13.7. The zero-order valence-electron chi connectivity index (χ0n) is 18.0. The van der Waals surface area contributed by atoms with Crippen molar-refractivity contribution in [3.05, 3.63) is 113 Å². The number of anilines is 1. The van der Waals surface area contributed by atoms with Crippen LogP contribution in [0, 0.1) is 11.6 Å². The number of esters is 1. The molecule has 1 aliphatic rings. The van der Waals surface area contributed by atoms with Gasteiger partial charge in [-0.15, -0.1) is 0 Å². The molecule has 0 bridgehead atoms. The number of carbonyl (C=O) groups excluding carboxylic acids is 4. The van der Waals surface area contributed by atoms with Crippen molar-refractivity contribution in [2.24, 2.45) is 0 Å². The van der Waals surface area contributed by atoms with E-state index in [1.54, 1.807) is 24.3 Å². The summed E-state index contributed by atoms with van der Waals surface area (Å²) in [6.45, 7) is -0.787. The molecule has 1 aliphatic heterocycles. The van der Waals surface area contributed by atoms with Gasteiger partial charge in [-0.3, -0.25) is 14.4 Å². The van der Waals surface area contributed by atoms with Gasteiger partial charge in [-0.1, -0.05) is 24.3 Å². The van der Waals surface area contributed by atoms with Crippen molar-refractivity contribution >= 4 is 40.0 Å². The predicted molar refractivity (Wildman–Crippen MR) is 123 cm³/mol. The lowest BCUT2D eigenvalue weighted by Crippen LogP contribution is -2.40. The second kappa shape index (κ2) is 8.57. The first-order valence-electron chi connectivity index (χ1n) is 10.5. The zero-order chi connectivity index (χ0) is 24.7. The number of imide groups is 1. The second-order valence-corrected chi connectivity index (χ2v) is 7.83. The summed E-state index contributed by atoms with van der Waals surface area (Å²) in [7, 11) is 0. The molecule has 4 aromatic rings. The van der Waals surface area contributed by atoms with Crippen molar-refractivity contribution in [2.75, 3.05) is 11.5 Å². The van der Waals surface area contributed by atoms with E-state index in [1.165, 1.54) is 24.3 Å². The van der Waals surface area contributed by atoms with E-state index in [0.29, 0.717) is 16.5 Å². The Bertz CT molecular complexity index is 1490. The molecule has 2 amide bonds. The maximum Gasteiger partial charge on any atom is 0.338 e. The minimum atomic E-state index is -0.926. The summed E-state index contributed by atoms with van der Waals surface area (Å²) in [6, 6.07) is 18.3. The second-order valence-electron chi connectivity index (χ2n) is 7.83. The van der Waals surface area contributed by atoms with E-state index in [4.69, 9.17) is 4.74 Å². The number of ketones is 1. The molecule has 172 valence electrons. The largest absolute Gasteiger partial charge is 0.454 e. The molecule has 0 aromatic heterocycles. The first-order valence-corrected chi connectivity index (χ1v) is 10.5. The number of Topliss-reactive ketones (excluding diaryl/α,β-unsaturated/α-hetero) is 1. The monoisotopic (exact) mass is 471 g/mol. The lowest BCUT2D eigenvalue weighted by atomic mass is 9.94. The third-order valence-corrected chi connectivity index (χ3v) is 5.70. The third kappa shape index (κ3) is 3.85. The average molecular weight is 471 g/mol. The molecule has 35 heavy (non-hydrogen) atoms. The fourth-order valence-corrected chi connectivity index (χ4v) is 4.02. The molecule has 0 saturated heterocycles. The van der Waals surface area contributed by atoms with Crippen LogP contribution in [-0.2, 0) is 4.74 Å². The number of ether oxygens (including phenoxy) is 1. The number of hydrogen-bond acceptors (Lipinski definition) is 5. The molecule has 0 unspecified atom stereocenters. The highest BCUT2D eigenvalue weighted by Crippen LogP contribution is 2.32. The first kappa shape index (κ1) is 22.1. The molecule has 0 atom stereocenters. The Balaban J connectivity index is 1.34. The molecule has 1 heterocycles. The number of amides is 2. The number of benzene rings is 4. The number of halogens is 2. The molecule has 4 aromatic carbocycles. The van der Waals surface area contributed by atoms with Gasteiger partial charge in [0.1, 0.15) is 11.6 Å². The molecule has 0 radical (unpaired) electrons. The SMILES string of the molecule is O=C(OCC(=O)c1cc(F)ccc1F)c1ccc(N2C(=O)c3cccc4cccc(c34)C2=O)cc1. The predicted octanol–water partition coefficient (Wildman–Crippen LogP) is 4.96. The molecule has 8 heteroatoms. The van der Waals surface area contributed by atoms with Crippen LogP contribution >= 0.6 is 0 Å². The summed E-state index contributed by atoms with van der Waals surface area (Å²) < 4.78 is 31.9. The Kier molecular flexibility index (Phi) is 5.41. The fraction of sp³-hybridized carbons (Fsp3) is 0.0370. The summed E-state index contributed by atoms with van der Waals surface area (Å²) >= 11 is 0. The molecule has 0 fully saturated rings. The van der Waals surface area contributed by atoms with Crippen LogP contribution < -0.4 is 4.90 Å². The summed E-state index contributed by atoms with van der Waals surface area (Å²) in [6.07, 6.45) is 0. The first-order chi connectivity index (χ1) is 16.8. The minimum Gasteiger partial charge on any atom is -0.454 e. The lowest BCUT2D eigenvalue weighted by Gasteiger charge is -2.27. The van der Waals surface area contributed by atoms with Crippen molar-refractivity contribution in [2.45, 2.75) is 0 Å². The van der Waals surface area contributed by atoms with Gasteiger partial charge in [-0.05, 0) is 60.0 Å². The van der Waals surface area contributed by atoms with Crippen LogP contribution in [0.3, 0.4) is 0 Å². The van der Waals surface area contributed by atoms with Crippen molar-refractivity contribution < 1.29 is 32.7 Å². The standard InChI is InChI=1S/C27H15F2NO5/c28-17-9-12-22(29)21(13-17)23(31)14-35-27(34)16-7-10-18(11-8-16)30-25(32)19-5-1-3-15-4-2-6-20(24(15)19)26(30)33/h1-13H,14H2. The summed E-state index contributed by atoms with van der Waals surface area (Å²) in [5.41, 5.74) is 0.556. The lowest BCUT2D eigenvalue weighted by molar-refractivity contribution is 0.0473. The summed E-state index contributed by atoms with van der Waals surface area (Å²) in [5.74, 6) is -4.48. The van der Waals surface area contributed by atoms with E-state index in [9.17, 15) is 28.0 Å². The normalized spacial score (nSPS) is 12.7. The average Bonchev–Trinajstić information content (AvgIpc) is 2.87. The van der Waals surface area contributed by atoms with Gasteiger partial charge < -0.3 is 4.74 Å². The Morgan fingerprint density at radius 3 is 2.06 bits per heavy atom. The van der Waals surface area contributed by atoms with Gasteiger partial charge in [0, 0.05) is 16.5 Å². The van der Waals surface area contributed by atoms with Crippen LogP contribution in [0.5, 0.6) is 0 Å². The van der Waals surface area contributed by atoms with Crippen molar-refractivity contribution in [3.63, 3.8) is 0 Å². The number of nitrogens with zero attached hydrogens (tertiary/aromatic N) is 1. The summed E-state index contributed by atoms with van der Waals surface area (Å²) in [5, 5.41) is 1.38. The van der Waals surface area contributed by atoms with Gasteiger partial charge in [0.05, 0.1) is 16.8 Å². The maximum absolute atomic E-state index is 13.7. The van der Waals surface area contributed by atoms with Crippen molar-refractivity contribution in [3.8, 4) is 0 Å². The Morgan fingerprint density at radius 2 is 1.43 bits per heavy atom. The van der Waals surface area contributed by atoms with E-state index in [1.807, 2.05) is 12.1 Å². The van der Waals surface area contributed by atoms with E-state index in [0.717, 1.165) is 28.5 Å². The van der Waals surface area contributed by atoms with Crippen LogP contribution in [0.15, 0.2) is 78.9 Å². The van der Waals surface area contributed by atoms with Gasteiger partial charge in [0.2, 0.25) is 5.78 Å². The van der Waals surface area contributed by atoms with Crippen LogP contribution in [0.2, 0.25) is 0 Å². The minimum absolute atomic E-state index is 0.0423. The quantitative estimate of drug-likeness (QED) is 0.234. The van der Waals surface area contributed by atoms with Crippen LogP contribution in [0.4, 0.5) is 14.5 Å². The highest BCUT2D eigenvalue weighted by atomic mass is 19.1.